The summed E-state index contributed by atoms with van der Waals surface area (Å²) in [5.74, 6) is 1.62. The molecule has 0 unspecified atom stereocenters. The number of halogens is 1. The molecule has 1 atom stereocenters. The largest absolute Gasteiger partial charge is 0.337 e. The van der Waals surface area contributed by atoms with Crippen LogP contribution < -0.4 is 10.2 Å². The summed E-state index contributed by atoms with van der Waals surface area (Å²) in [5, 5.41) is 11.5. The van der Waals surface area contributed by atoms with Crippen LogP contribution in [0.1, 0.15) is 18.3 Å². The number of anilines is 1. The highest BCUT2D eigenvalue weighted by molar-refractivity contribution is 6.31. The van der Waals surface area contributed by atoms with Crippen molar-refractivity contribution in [2.24, 2.45) is 0 Å². The van der Waals surface area contributed by atoms with Crippen LogP contribution in [-0.4, -0.2) is 40.9 Å². The quantitative estimate of drug-likeness (QED) is 0.906. The van der Waals surface area contributed by atoms with Crippen molar-refractivity contribution in [3.8, 4) is 0 Å². The lowest BCUT2D eigenvalue weighted by Crippen LogP contribution is -2.49. The SMILES string of the molecule is C[C@@H]1CN(c2n[nH]c(Cc3ccccc3Cl)n2)CCN1. The predicted octanol–water partition coefficient (Wildman–Crippen LogP) is 1.85. The van der Waals surface area contributed by atoms with Gasteiger partial charge in [0.1, 0.15) is 5.82 Å². The zero-order valence-electron chi connectivity index (χ0n) is 11.4. The molecule has 20 heavy (non-hydrogen) atoms. The number of nitrogens with zero attached hydrogens (tertiary/aromatic N) is 3. The first-order valence-corrected chi connectivity index (χ1v) is 7.23. The molecule has 0 amide bonds. The van der Waals surface area contributed by atoms with E-state index in [1.165, 1.54) is 0 Å². The van der Waals surface area contributed by atoms with E-state index in [2.05, 4.69) is 32.3 Å². The minimum atomic E-state index is 0.467. The number of piperazine rings is 1. The molecule has 5 nitrogen and oxygen atoms in total. The summed E-state index contributed by atoms with van der Waals surface area (Å²) in [7, 11) is 0. The summed E-state index contributed by atoms with van der Waals surface area (Å²) in [6.07, 6.45) is 0.675. The van der Waals surface area contributed by atoms with Crippen molar-refractivity contribution >= 4 is 17.5 Å². The highest BCUT2D eigenvalue weighted by Gasteiger charge is 2.19. The Balaban J connectivity index is 1.72. The van der Waals surface area contributed by atoms with Gasteiger partial charge in [0, 0.05) is 37.1 Å². The summed E-state index contributed by atoms with van der Waals surface area (Å²) in [5.41, 5.74) is 1.06. The molecule has 6 heteroatoms. The summed E-state index contributed by atoms with van der Waals surface area (Å²) in [6, 6.07) is 8.29. The minimum Gasteiger partial charge on any atom is -0.337 e. The fourth-order valence-electron chi connectivity index (χ4n) is 2.44. The van der Waals surface area contributed by atoms with Gasteiger partial charge in [-0.25, -0.2) is 0 Å². The van der Waals surface area contributed by atoms with Crippen LogP contribution in [0.3, 0.4) is 0 Å². The molecule has 1 aromatic carbocycles. The summed E-state index contributed by atoms with van der Waals surface area (Å²) in [6.45, 7) is 5.01. The predicted molar refractivity (Wildman–Crippen MR) is 80.3 cm³/mol. The number of rotatable bonds is 3. The van der Waals surface area contributed by atoms with Gasteiger partial charge in [-0.15, -0.1) is 5.10 Å². The molecule has 0 spiro atoms. The highest BCUT2D eigenvalue weighted by Crippen LogP contribution is 2.18. The summed E-state index contributed by atoms with van der Waals surface area (Å²) >= 11 is 6.17. The first-order chi connectivity index (χ1) is 9.72. The second kappa shape index (κ2) is 5.81. The van der Waals surface area contributed by atoms with Crippen LogP contribution in [0.15, 0.2) is 24.3 Å². The molecule has 0 bridgehead atoms. The van der Waals surface area contributed by atoms with Crippen molar-refractivity contribution in [1.29, 1.82) is 0 Å². The molecule has 1 aliphatic heterocycles. The van der Waals surface area contributed by atoms with Crippen molar-refractivity contribution < 1.29 is 0 Å². The number of nitrogens with one attached hydrogen (secondary N) is 2. The Kier molecular flexibility index (Phi) is 3.89. The molecular formula is C14H18ClN5. The molecule has 1 fully saturated rings. The van der Waals surface area contributed by atoms with E-state index in [0.29, 0.717) is 12.5 Å². The van der Waals surface area contributed by atoms with Gasteiger partial charge in [-0.1, -0.05) is 29.8 Å². The van der Waals surface area contributed by atoms with Crippen LogP contribution in [0.25, 0.3) is 0 Å². The van der Waals surface area contributed by atoms with E-state index in [1.54, 1.807) is 0 Å². The highest BCUT2D eigenvalue weighted by atomic mass is 35.5. The van der Waals surface area contributed by atoms with E-state index in [4.69, 9.17) is 11.6 Å². The number of hydrogen-bond donors (Lipinski definition) is 2. The first-order valence-electron chi connectivity index (χ1n) is 6.85. The first kappa shape index (κ1) is 13.4. The Morgan fingerprint density at radius 1 is 1.40 bits per heavy atom. The van der Waals surface area contributed by atoms with Gasteiger partial charge in [-0.2, -0.15) is 4.98 Å². The van der Waals surface area contributed by atoms with Gasteiger partial charge in [0.15, 0.2) is 0 Å². The van der Waals surface area contributed by atoms with Crippen molar-refractivity contribution in [3.05, 3.63) is 40.7 Å². The third-order valence-corrected chi connectivity index (χ3v) is 3.86. The monoisotopic (exact) mass is 291 g/mol. The third kappa shape index (κ3) is 2.94. The summed E-state index contributed by atoms with van der Waals surface area (Å²) < 4.78 is 0. The van der Waals surface area contributed by atoms with E-state index in [1.807, 2.05) is 24.3 Å². The average Bonchev–Trinajstić information content (AvgIpc) is 2.90. The van der Waals surface area contributed by atoms with E-state index >= 15 is 0 Å². The Morgan fingerprint density at radius 2 is 2.25 bits per heavy atom. The van der Waals surface area contributed by atoms with Gasteiger partial charge in [0.2, 0.25) is 5.95 Å². The van der Waals surface area contributed by atoms with Crippen LogP contribution in [-0.2, 0) is 6.42 Å². The molecule has 2 heterocycles. The zero-order chi connectivity index (χ0) is 13.9. The Bertz CT molecular complexity index is 582. The molecule has 0 radical (unpaired) electrons. The van der Waals surface area contributed by atoms with Gasteiger partial charge in [0.25, 0.3) is 0 Å². The molecule has 2 N–H and O–H groups in total. The zero-order valence-corrected chi connectivity index (χ0v) is 12.2. The topological polar surface area (TPSA) is 56.8 Å². The van der Waals surface area contributed by atoms with Gasteiger partial charge in [-0.05, 0) is 18.6 Å². The molecule has 2 aromatic rings. The van der Waals surface area contributed by atoms with E-state index < -0.39 is 0 Å². The third-order valence-electron chi connectivity index (χ3n) is 3.49. The maximum atomic E-state index is 6.17. The fourth-order valence-corrected chi connectivity index (χ4v) is 2.64. The lowest BCUT2D eigenvalue weighted by Gasteiger charge is -2.30. The smallest absolute Gasteiger partial charge is 0.244 e. The maximum absolute atomic E-state index is 6.17. The second-order valence-electron chi connectivity index (χ2n) is 5.15. The van der Waals surface area contributed by atoms with Crippen molar-refractivity contribution in [2.45, 2.75) is 19.4 Å². The van der Waals surface area contributed by atoms with Gasteiger partial charge in [0.05, 0.1) is 0 Å². The minimum absolute atomic E-state index is 0.467. The Hall–Kier alpha value is -1.59. The average molecular weight is 292 g/mol. The number of H-pyrrole nitrogens is 1. The lowest BCUT2D eigenvalue weighted by atomic mass is 10.1. The van der Waals surface area contributed by atoms with Gasteiger partial charge < -0.3 is 10.2 Å². The van der Waals surface area contributed by atoms with Gasteiger partial charge in [-0.3, -0.25) is 5.10 Å². The number of hydrogen-bond acceptors (Lipinski definition) is 4. The second-order valence-corrected chi connectivity index (χ2v) is 5.56. The van der Waals surface area contributed by atoms with Crippen LogP contribution in [0.4, 0.5) is 5.95 Å². The lowest BCUT2D eigenvalue weighted by molar-refractivity contribution is 0.480. The molecule has 1 aliphatic rings. The number of aromatic nitrogens is 3. The Morgan fingerprint density at radius 3 is 3.05 bits per heavy atom. The van der Waals surface area contributed by atoms with Gasteiger partial charge >= 0.3 is 0 Å². The number of aromatic amines is 1. The van der Waals surface area contributed by atoms with E-state index in [-0.39, 0.29) is 0 Å². The molecular weight excluding hydrogens is 274 g/mol. The maximum Gasteiger partial charge on any atom is 0.244 e. The molecule has 1 aromatic heterocycles. The standard InChI is InChI=1S/C14H18ClN5/c1-10-9-20(7-6-16-10)14-17-13(18-19-14)8-11-4-2-3-5-12(11)15/h2-5,10,16H,6-9H2,1H3,(H,17,18,19)/t10-/m1/s1. The molecule has 106 valence electrons. The van der Waals surface area contributed by atoms with E-state index in [0.717, 1.165) is 42.0 Å². The molecule has 0 saturated carbocycles. The van der Waals surface area contributed by atoms with Crippen LogP contribution in [0.2, 0.25) is 5.02 Å². The molecule has 1 saturated heterocycles. The Labute approximate surface area is 123 Å². The normalized spacial score (nSPS) is 19.3. The van der Waals surface area contributed by atoms with E-state index in [9.17, 15) is 0 Å². The molecule has 0 aliphatic carbocycles. The molecule has 3 rings (SSSR count). The summed E-state index contributed by atoms with van der Waals surface area (Å²) in [4.78, 5) is 6.78. The van der Waals surface area contributed by atoms with Crippen molar-refractivity contribution in [3.63, 3.8) is 0 Å². The van der Waals surface area contributed by atoms with Crippen molar-refractivity contribution in [1.82, 2.24) is 20.5 Å². The van der Waals surface area contributed by atoms with Crippen LogP contribution in [0.5, 0.6) is 0 Å². The van der Waals surface area contributed by atoms with Crippen LogP contribution in [0, 0.1) is 0 Å². The van der Waals surface area contributed by atoms with Crippen LogP contribution >= 0.6 is 11.6 Å². The fraction of sp³-hybridized carbons (Fsp3) is 0.429. The van der Waals surface area contributed by atoms with Crippen molar-refractivity contribution in [2.75, 3.05) is 24.5 Å². The number of benzene rings is 1.